The Morgan fingerprint density at radius 2 is 2.00 bits per heavy atom. The molecule has 0 atom stereocenters. The van der Waals surface area contributed by atoms with E-state index in [1.54, 1.807) is 6.08 Å². The van der Waals surface area contributed by atoms with Gasteiger partial charge in [-0.05, 0) is 12.1 Å². The molecule has 1 aromatic carbocycles. The quantitative estimate of drug-likeness (QED) is 0.639. The van der Waals surface area contributed by atoms with Crippen LogP contribution >= 0.6 is 11.6 Å². The second-order valence-corrected chi connectivity index (χ2v) is 9.94. The van der Waals surface area contributed by atoms with Crippen LogP contribution in [0.1, 0.15) is 5.56 Å². The van der Waals surface area contributed by atoms with Crippen LogP contribution in [0.2, 0.25) is 24.7 Å². The second kappa shape index (κ2) is 6.06. The molecule has 0 bridgehead atoms. The predicted octanol–water partition coefficient (Wildman–Crippen LogP) is 3.60. The normalized spacial score (nSPS) is 11.9. The lowest BCUT2D eigenvalue weighted by Gasteiger charge is -2.06. The van der Waals surface area contributed by atoms with Crippen molar-refractivity contribution in [2.45, 2.75) is 19.6 Å². The summed E-state index contributed by atoms with van der Waals surface area (Å²) in [6.45, 7) is 6.52. The first kappa shape index (κ1) is 14.0. The van der Waals surface area contributed by atoms with Crippen molar-refractivity contribution >= 4 is 25.2 Å². The first-order chi connectivity index (χ1) is 7.94. The maximum atomic E-state index is 9.04. The van der Waals surface area contributed by atoms with E-state index in [4.69, 9.17) is 16.7 Å². The zero-order valence-electron chi connectivity index (χ0n) is 10.4. The van der Waals surface area contributed by atoms with Crippen molar-refractivity contribution in [1.29, 1.82) is 0 Å². The molecular weight excluding hydrogens is 248 g/mol. The molecule has 0 aromatic heterocycles. The molecule has 0 aliphatic rings. The number of aliphatic hydroxyl groups excluding tert-OH is 1. The Morgan fingerprint density at radius 3 is 2.53 bits per heavy atom. The van der Waals surface area contributed by atoms with Crippen molar-refractivity contribution < 1.29 is 5.11 Å². The Balaban J connectivity index is 3.16. The van der Waals surface area contributed by atoms with Crippen molar-refractivity contribution in [3.8, 4) is 11.5 Å². The zero-order valence-corrected chi connectivity index (χ0v) is 12.2. The minimum Gasteiger partial charge on any atom is -0.392 e. The molecule has 1 rings (SSSR count). The van der Waals surface area contributed by atoms with Gasteiger partial charge in [-0.25, -0.2) is 0 Å². The zero-order chi connectivity index (χ0) is 12.9. The fourth-order valence-electron chi connectivity index (χ4n) is 1.25. The maximum Gasteiger partial charge on any atom is 0.129 e. The van der Waals surface area contributed by atoms with Crippen LogP contribution in [0.25, 0.3) is 5.57 Å². The van der Waals surface area contributed by atoms with Crippen LogP contribution in [-0.2, 0) is 0 Å². The number of hydrogen-bond acceptors (Lipinski definition) is 1. The smallest absolute Gasteiger partial charge is 0.129 e. The predicted molar refractivity (Wildman–Crippen MR) is 77.6 cm³/mol. The van der Waals surface area contributed by atoms with Gasteiger partial charge in [0, 0.05) is 16.2 Å². The number of aliphatic hydroxyl groups is 1. The van der Waals surface area contributed by atoms with Gasteiger partial charge in [-0.3, -0.25) is 0 Å². The monoisotopic (exact) mass is 264 g/mol. The summed E-state index contributed by atoms with van der Waals surface area (Å²) < 4.78 is 0. The van der Waals surface area contributed by atoms with Crippen LogP contribution in [0.15, 0.2) is 30.3 Å². The summed E-state index contributed by atoms with van der Waals surface area (Å²) in [4.78, 5) is 0. The SMILES string of the molecule is C[Si](C)(C)C#C/C(=C/CO)c1ccccc1Cl. The lowest BCUT2D eigenvalue weighted by atomic mass is 10.1. The summed E-state index contributed by atoms with van der Waals surface area (Å²) in [5.74, 6) is 3.15. The Morgan fingerprint density at radius 1 is 1.35 bits per heavy atom. The molecule has 90 valence electrons. The molecule has 0 aliphatic heterocycles. The lowest BCUT2D eigenvalue weighted by Crippen LogP contribution is -2.16. The van der Waals surface area contributed by atoms with Crippen molar-refractivity contribution in [3.05, 3.63) is 40.9 Å². The Kier molecular flexibility index (Phi) is 5.01. The second-order valence-electron chi connectivity index (χ2n) is 4.78. The van der Waals surface area contributed by atoms with Crippen LogP contribution in [-0.4, -0.2) is 19.8 Å². The Labute approximate surface area is 109 Å². The van der Waals surface area contributed by atoms with Gasteiger partial charge in [0.1, 0.15) is 8.07 Å². The fourth-order valence-corrected chi connectivity index (χ4v) is 2.00. The van der Waals surface area contributed by atoms with Crippen LogP contribution < -0.4 is 0 Å². The highest BCUT2D eigenvalue weighted by molar-refractivity contribution is 6.84. The standard InChI is InChI=1S/C14H17ClOSi/c1-17(2,3)11-9-12(8-10-16)13-6-4-5-7-14(13)15/h4-8,16H,10H2,1-3H3/b12-8-. The Bertz CT molecular complexity index is 475. The molecule has 1 N–H and O–H groups in total. The van der Waals surface area contributed by atoms with Gasteiger partial charge in [0.15, 0.2) is 0 Å². The van der Waals surface area contributed by atoms with Gasteiger partial charge in [-0.15, -0.1) is 5.54 Å². The topological polar surface area (TPSA) is 20.2 Å². The maximum absolute atomic E-state index is 9.04. The Hall–Kier alpha value is -1.01. The average Bonchev–Trinajstić information content (AvgIpc) is 2.24. The molecule has 1 aromatic rings. The summed E-state index contributed by atoms with van der Waals surface area (Å²) in [5, 5.41) is 9.71. The van der Waals surface area contributed by atoms with Gasteiger partial charge < -0.3 is 5.11 Å². The van der Waals surface area contributed by atoms with Gasteiger partial charge in [-0.1, -0.05) is 55.4 Å². The highest BCUT2D eigenvalue weighted by Gasteiger charge is 2.09. The molecule has 0 spiro atoms. The molecule has 0 amide bonds. The largest absolute Gasteiger partial charge is 0.392 e. The fraction of sp³-hybridized carbons (Fsp3) is 0.286. The number of rotatable bonds is 2. The molecule has 0 aliphatic carbocycles. The third kappa shape index (κ3) is 4.78. The van der Waals surface area contributed by atoms with Crippen LogP contribution in [0.4, 0.5) is 0 Å². The average molecular weight is 265 g/mol. The number of benzene rings is 1. The molecular formula is C14H17ClOSi. The van der Waals surface area contributed by atoms with E-state index in [0.29, 0.717) is 5.02 Å². The summed E-state index contributed by atoms with van der Waals surface area (Å²) >= 11 is 6.13. The highest BCUT2D eigenvalue weighted by Crippen LogP contribution is 2.23. The summed E-state index contributed by atoms with van der Waals surface area (Å²) in [6, 6.07) is 7.55. The van der Waals surface area contributed by atoms with Gasteiger partial charge in [0.2, 0.25) is 0 Å². The third-order valence-electron chi connectivity index (χ3n) is 2.03. The molecule has 0 saturated heterocycles. The van der Waals surface area contributed by atoms with Crippen molar-refractivity contribution in [2.24, 2.45) is 0 Å². The summed E-state index contributed by atoms with van der Waals surface area (Å²) in [7, 11) is -1.43. The van der Waals surface area contributed by atoms with E-state index in [1.165, 1.54) is 0 Å². The molecule has 0 heterocycles. The molecule has 0 unspecified atom stereocenters. The summed E-state index contributed by atoms with van der Waals surface area (Å²) in [6.07, 6.45) is 1.70. The molecule has 1 nitrogen and oxygen atoms in total. The van der Waals surface area contributed by atoms with Gasteiger partial charge in [0.25, 0.3) is 0 Å². The minimum absolute atomic E-state index is 0.0269. The van der Waals surface area contributed by atoms with Crippen LogP contribution in [0.5, 0.6) is 0 Å². The van der Waals surface area contributed by atoms with E-state index in [1.807, 2.05) is 24.3 Å². The van der Waals surface area contributed by atoms with E-state index in [9.17, 15) is 0 Å². The van der Waals surface area contributed by atoms with Crippen molar-refractivity contribution in [2.75, 3.05) is 6.61 Å². The van der Waals surface area contributed by atoms with E-state index < -0.39 is 8.07 Å². The minimum atomic E-state index is -1.43. The van der Waals surface area contributed by atoms with E-state index in [0.717, 1.165) is 11.1 Å². The van der Waals surface area contributed by atoms with E-state index in [-0.39, 0.29) is 6.61 Å². The first-order valence-corrected chi connectivity index (χ1v) is 9.41. The number of hydrogen-bond donors (Lipinski definition) is 1. The van der Waals surface area contributed by atoms with Crippen LogP contribution in [0.3, 0.4) is 0 Å². The molecule has 0 saturated carbocycles. The third-order valence-corrected chi connectivity index (χ3v) is 3.24. The highest BCUT2D eigenvalue weighted by atomic mass is 35.5. The van der Waals surface area contributed by atoms with Crippen molar-refractivity contribution in [1.82, 2.24) is 0 Å². The molecule has 3 heteroatoms. The first-order valence-electron chi connectivity index (χ1n) is 5.53. The molecule has 0 radical (unpaired) electrons. The van der Waals surface area contributed by atoms with E-state index >= 15 is 0 Å². The molecule has 17 heavy (non-hydrogen) atoms. The van der Waals surface area contributed by atoms with Gasteiger partial charge in [-0.2, -0.15) is 0 Å². The van der Waals surface area contributed by atoms with Crippen LogP contribution in [0, 0.1) is 11.5 Å². The van der Waals surface area contributed by atoms with Crippen molar-refractivity contribution in [3.63, 3.8) is 0 Å². The number of halogens is 1. The number of allylic oxidation sites excluding steroid dienone is 1. The lowest BCUT2D eigenvalue weighted by molar-refractivity contribution is 0.343. The van der Waals surface area contributed by atoms with Gasteiger partial charge >= 0.3 is 0 Å². The summed E-state index contributed by atoms with van der Waals surface area (Å²) in [5.41, 5.74) is 4.97. The molecule has 0 fully saturated rings. The van der Waals surface area contributed by atoms with Gasteiger partial charge in [0.05, 0.1) is 6.61 Å². The van der Waals surface area contributed by atoms with E-state index in [2.05, 4.69) is 31.1 Å².